The van der Waals surface area contributed by atoms with E-state index in [0.717, 1.165) is 0 Å². The summed E-state index contributed by atoms with van der Waals surface area (Å²) in [5.41, 5.74) is 1.86. The Morgan fingerprint density at radius 1 is 1.12 bits per heavy atom. The van der Waals surface area contributed by atoms with Crippen molar-refractivity contribution in [1.82, 2.24) is 9.88 Å². The van der Waals surface area contributed by atoms with Gasteiger partial charge in [0.25, 0.3) is 0 Å². The second-order valence-electron chi connectivity index (χ2n) is 9.02. The van der Waals surface area contributed by atoms with Crippen LogP contribution in [0.1, 0.15) is 43.5 Å². The molecule has 0 fully saturated rings. The Balaban J connectivity index is 1.92. The number of halogens is 1. The Bertz CT molecular complexity index is 1260. The summed E-state index contributed by atoms with van der Waals surface area (Å²) in [7, 11) is 1.30. The number of fused-ring (bicyclic) bond motifs is 2. The first kappa shape index (κ1) is 22.9. The Kier molecular flexibility index (Phi) is 5.76. The van der Waals surface area contributed by atoms with Crippen LogP contribution < -0.4 is 5.32 Å². The zero-order chi connectivity index (χ0) is 24.1. The molecule has 1 aliphatic heterocycles. The molecule has 0 saturated heterocycles. The minimum Gasteiger partial charge on any atom is -0.504 e. The molecular formula is C24H25ClN2O6. The first-order chi connectivity index (χ1) is 15.5. The van der Waals surface area contributed by atoms with Crippen molar-refractivity contribution in [3.63, 3.8) is 0 Å². The van der Waals surface area contributed by atoms with Crippen LogP contribution in [0.4, 0.5) is 4.79 Å². The average molecular weight is 473 g/mol. The standard InChI is InChI=1S/C24H25ClN2O6/c1-24(2,3)33-23(31)27-11-16(15-9-13(25)5-6-18(15)27)21-14-10-20(29)19(28)8-12(14)7-17(26-21)22(30)32-4/h5-6,8-11,17,21,26,28-29H,7H2,1-4H3. The van der Waals surface area contributed by atoms with Crippen molar-refractivity contribution in [3.8, 4) is 11.5 Å². The fraction of sp³-hybridized carbons (Fsp3) is 0.333. The predicted octanol–water partition coefficient (Wildman–Crippen LogP) is 4.27. The zero-order valence-electron chi connectivity index (χ0n) is 18.7. The van der Waals surface area contributed by atoms with Gasteiger partial charge in [0, 0.05) is 16.6 Å². The van der Waals surface area contributed by atoms with Gasteiger partial charge in [0.15, 0.2) is 11.5 Å². The van der Waals surface area contributed by atoms with E-state index in [-0.39, 0.29) is 17.9 Å². The third-order valence-corrected chi connectivity index (χ3v) is 5.76. The van der Waals surface area contributed by atoms with Crippen molar-refractivity contribution < 1.29 is 29.3 Å². The number of carbonyl (C=O) groups excluding carboxylic acids is 2. The van der Waals surface area contributed by atoms with Crippen LogP contribution in [0.25, 0.3) is 10.9 Å². The Morgan fingerprint density at radius 2 is 1.82 bits per heavy atom. The van der Waals surface area contributed by atoms with Crippen molar-refractivity contribution in [2.24, 2.45) is 0 Å². The monoisotopic (exact) mass is 472 g/mol. The summed E-state index contributed by atoms with van der Waals surface area (Å²) in [6, 6.07) is 6.73. The average Bonchev–Trinajstić information content (AvgIpc) is 3.10. The highest BCUT2D eigenvalue weighted by atomic mass is 35.5. The van der Waals surface area contributed by atoms with E-state index < -0.39 is 29.7 Å². The van der Waals surface area contributed by atoms with Crippen molar-refractivity contribution in [2.45, 2.75) is 44.9 Å². The van der Waals surface area contributed by atoms with Crippen LogP contribution >= 0.6 is 11.6 Å². The molecule has 2 atom stereocenters. The number of esters is 1. The molecule has 1 aromatic heterocycles. The van der Waals surface area contributed by atoms with Crippen LogP contribution in [0.2, 0.25) is 5.02 Å². The van der Waals surface area contributed by atoms with Crippen molar-refractivity contribution in [3.05, 3.63) is 58.2 Å². The number of nitrogens with zero attached hydrogens (tertiary/aromatic N) is 1. The fourth-order valence-corrected chi connectivity index (χ4v) is 4.29. The number of rotatable bonds is 2. The van der Waals surface area contributed by atoms with E-state index in [4.69, 9.17) is 21.1 Å². The highest BCUT2D eigenvalue weighted by molar-refractivity contribution is 6.31. The lowest BCUT2D eigenvalue weighted by Crippen LogP contribution is -2.45. The first-order valence-electron chi connectivity index (χ1n) is 10.4. The second-order valence-corrected chi connectivity index (χ2v) is 9.45. The molecule has 3 N–H and O–H groups in total. The number of methoxy groups -OCH3 is 1. The van der Waals surface area contributed by atoms with Gasteiger partial charge in [-0.3, -0.25) is 14.7 Å². The molecule has 4 rings (SSSR count). The number of phenolic OH excluding ortho intramolecular Hbond substituents is 2. The van der Waals surface area contributed by atoms with E-state index in [9.17, 15) is 19.8 Å². The van der Waals surface area contributed by atoms with Gasteiger partial charge in [0.1, 0.15) is 11.6 Å². The third kappa shape index (κ3) is 4.36. The maximum Gasteiger partial charge on any atom is 0.419 e. The fourth-order valence-electron chi connectivity index (χ4n) is 4.12. The SMILES string of the molecule is COC(=O)C1Cc2cc(O)c(O)cc2C(c2cn(C(=O)OC(C)(C)C)c3ccc(Cl)cc23)N1. The molecule has 0 bridgehead atoms. The second kappa shape index (κ2) is 8.28. The number of benzene rings is 2. The minimum absolute atomic E-state index is 0.262. The molecule has 0 spiro atoms. The summed E-state index contributed by atoms with van der Waals surface area (Å²) in [6.45, 7) is 5.34. The number of aromatic nitrogens is 1. The third-order valence-electron chi connectivity index (χ3n) is 5.52. The van der Waals surface area contributed by atoms with Crippen molar-refractivity contribution in [1.29, 1.82) is 0 Å². The molecule has 0 saturated carbocycles. The van der Waals surface area contributed by atoms with Crippen molar-refractivity contribution in [2.75, 3.05) is 7.11 Å². The number of aromatic hydroxyl groups is 2. The number of ether oxygens (including phenoxy) is 2. The molecule has 2 aromatic carbocycles. The number of nitrogens with one attached hydrogen (secondary N) is 1. The molecule has 8 nitrogen and oxygen atoms in total. The highest BCUT2D eigenvalue weighted by Gasteiger charge is 2.35. The van der Waals surface area contributed by atoms with Crippen LogP contribution in [0.5, 0.6) is 11.5 Å². The van der Waals surface area contributed by atoms with E-state index in [0.29, 0.717) is 32.6 Å². The lowest BCUT2D eigenvalue weighted by molar-refractivity contribution is -0.143. The van der Waals surface area contributed by atoms with Gasteiger partial charge in [-0.1, -0.05) is 11.6 Å². The smallest absolute Gasteiger partial charge is 0.419 e. The van der Waals surface area contributed by atoms with Crippen LogP contribution in [0.15, 0.2) is 36.5 Å². The van der Waals surface area contributed by atoms with Gasteiger partial charge >= 0.3 is 12.1 Å². The van der Waals surface area contributed by atoms with E-state index in [1.165, 1.54) is 23.8 Å². The Hall–Kier alpha value is -3.23. The lowest BCUT2D eigenvalue weighted by Gasteiger charge is -2.32. The highest BCUT2D eigenvalue weighted by Crippen LogP contribution is 2.40. The van der Waals surface area contributed by atoms with E-state index in [1.807, 2.05) is 0 Å². The largest absolute Gasteiger partial charge is 0.504 e. The molecule has 2 heterocycles. The molecule has 1 aliphatic rings. The van der Waals surface area contributed by atoms with Crippen LogP contribution in [0.3, 0.4) is 0 Å². The maximum absolute atomic E-state index is 13.0. The molecule has 0 radical (unpaired) electrons. The normalized spacial score (nSPS) is 18.1. The van der Waals surface area contributed by atoms with Crippen molar-refractivity contribution >= 4 is 34.6 Å². The Morgan fingerprint density at radius 3 is 2.48 bits per heavy atom. The number of hydrogen-bond acceptors (Lipinski definition) is 7. The molecule has 9 heteroatoms. The van der Waals surface area contributed by atoms with Crippen LogP contribution in [-0.2, 0) is 20.7 Å². The molecule has 3 aromatic rings. The van der Waals surface area contributed by atoms with E-state index in [1.54, 1.807) is 45.2 Å². The zero-order valence-corrected chi connectivity index (χ0v) is 19.4. The summed E-state index contributed by atoms with van der Waals surface area (Å²) in [5.74, 6) is -1.03. The number of phenols is 2. The summed E-state index contributed by atoms with van der Waals surface area (Å²) < 4.78 is 11.9. The minimum atomic E-state index is -0.699. The molecule has 174 valence electrons. The molecule has 33 heavy (non-hydrogen) atoms. The summed E-state index contributed by atoms with van der Waals surface area (Å²) >= 11 is 6.28. The van der Waals surface area contributed by atoms with Gasteiger partial charge in [-0.05, 0) is 74.2 Å². The lowest BCUT2D eigenvalue weighted by atomic mass is 9.86. The van der Waals surface area contributed by atoms with E-state index >= 15 is 0 Å². The maximum atomic E-state index is 13.0. The van der Waals surface area contributed by atoms with Gasteiger partial charge < -0.3 is 19.7 Å². The summed E-state index contributed by atoms with van der Waals surface area (Å²) in [5, 5.41) is 24.6. The van der Waals surface area contributed by atoms with Gasteiger partial charge in [0.2, 0.25) is 0 Å². The topological polar surface area (TPSA) is 110 Å². The molecular weight excluding hydrogens is 448 g/mol. The van der Waals surface area contributed by atoms with Gasteiger partial charge in [-0.25, -0.2) is 4.79 Å². The van der Waals surface area contributed by atoms with Gasteiger partial charge in [0.05, 0.1) is 18.7 Å². The quantitative estimate of drug-likeness (QED) is 0.377. The first-order valence-corrected chi connectivity index (χ1v) is 10.8. The summed E-state index contributed by atoms with van der Waals surface area (Å²) in [4.78, 5) is 25.4. The summed E-state index contributed by atoms with van der Waals surface area (Å²) in [6.07, 6.45) is 1.34. The molecule has 2 unspecified atom stereocenters. The van der Waals surface area contributed by atoms with Crippen LogP contribution in [-0.4, -0.2) is 45.6 Å². The Labute approximate surface area is 195 Å². The number of hydrogen-bond donors (Lipinski definition) is 3. The van der Waals surface area contributed by atoms with Gasteiger partial charge in [-0.15, -0.1) is 0 Å². The predicted molar refractivity (Wildman–Crippen MR) is 123 cm³/mol. The van der Waals surface area contributed by atoms with Crippen LogP contribution in [0, 0.1) is 0 Å². The van der Waals surface area contributed by atoms with Gasteiger partial charge in [-0.2, -0.15) is 0 Å². The number of carbonyl (C=O) groups is 2. The molecule has 0 amide bonds. The molecule has 0 aliphatic carbocycles. The van der Waals surface area contributed by atoms with E-state index in [2.05, 4.69) is 5.32 Å².